The number of aromatic nitrogens is 3. The molecule has 0 atom stereocenters. The molecule has 13 nitrogen and oxygen atoms in total. The van der Waals surface area contributed by atoms with Gasteiger partial charge in [-0.15, -0.1) is 0 Å². The average molecular weight is 482 g/mol. The molecular formula is C22H22N6O7. The highest BCUT2D eigenvalue weighted by molar-refractivity contribution is 5.95. The van der Waals surface area contributed by atoms with Gasteiger partial charge in [-0.3, -0.25) is 5.32 Å². The molecule has 0 spiro atoms. The number of rotatable bonds is 7. The summed E-state index contributed by atoms with van der Waals surface area (Å²) in [6.45, 7) is 5.25. The van der Waals surface area contributed by atoms with Crippen LogP contribution in [-0.2, 0) is 4.74 Å². The van der Waals surface area contributed by atoms with Crippen LogP contribution in [0, 0.1) is 0 Å². The molecular weight excluding hydrogens is 460 g/mol. The minimum Gasteiger partial charge on any atom is -0.479 e. The van der Waals surface area contributed by atoms with Crippen molar-refractivity contribution in [2.45, 2.75) is 26.4 Å². The third-order valence-electron chi connectivity index (χ3n) is 4.09. The summed E-state index contributed by atoms with van der Waals surface area (Å²) >= 11 is 0. The van der Waals surface area contributed by atoms with E-state index in [4.69, 9.17) is 4.74 Å². The average Bonchev–Trinajstić information content (AvgIpc) is 2.73. The lowest BCUT2D eigenvalue weighted by Gasteiger charge is -2.19. The molecule has 1 aromatic heterocycles. The predicted octanol–water partition coefficient (Wildman–Crippen LogP) is 3.81. The Balaban J connectivity index is 1.75. The fourth-order valence-electron chi connectivity index (χ4n) is 2.74. The van der Waals surface area contributed by atoms with Crippen LogP contribution in [-0.4, -0.2) is 53.9 Å². The summed E-state index contributed by atoms with van der Waals surface area (Å²) < 4.78 is 5.19. The zero-order valence-electron chi connectivity index (χ0n) is 18.9. The Morgan fingerprint density at radius 1 is 0.771 bits per heavy atom. The van der Waals surface area contributed by atoms with E-state index in [0.29, 0.717) is 11.4 Å². The van der Waals surface area contributed by atoms with Gasteiger partial charge in [-0.25, -0.2) is 14.4 Å². The van der Waals surface area contributed by atoms with E-state index in [1.54, 1.807) is 45.0 Å². The number of carboxylic acid groups (broad SMARTS) is 2. The second-order valence-corrected chi connectivity index (χ2v) is 8.15. The first-order chi connectivity index (χ1) is 16.4. The summed E-state index contributed by atoms with van der Waals surface area (Å²) in [4.78, 5) is 46.1. The maximum atomic E-state index is 11.9. The van der Waals surface area contributed by atoms with Crippen LogP contribution >= 0.6 is 0 Å². The molecule has 0 radical (unpaired) electrons. The molecule has 6 N–H and O–H groups in total. The van der Waals surface area contributed by atoms with Crippen molar-refractivity contribution in [1.29, 1.82) is 0 Å². The van der Waals surface area contributed by atoms with Crippen molar-refractivity contribution < 1.29 is 34.4 Å². The summed E-state index contributed by atoms with van der Waals surface area (Å²) in [5.74, 6) is -2.86. The molecule has 3 rings (SSSR count). The number of nitrogens with zero attached hydrogens (tertiary/aromatic N) is 3. The first-order valence-electron chi connectivity index (χ1n) is 10.1. The van der Waals surface area contributed by atoms with Gasteiger partial charge < -0.3 is 30.7 Å². The maximum absolute atomic E-state index is 11.9. The molecule has 1 amide bonds. The molecule has 0 aliphatic heterocycles. The highest BCUT2D eigenvalue weighted by atomic mass is 16.6. The zero-order chi connectivity index (χ0) is 25.8. The van der Waals surface area contributed by atoms with E-state index in [1.807, 2.05) is 0 Å². The van der Waals surface area contributed by atoms with Crippen LogP contribution in [0.25, 0.3) is 0 Å². The number of ether oxygens (including phenoxy) is 1. The number of hydrogen-bond acceptors (Lipinski definition) is 10. The van der Waals surface area contributed by atoms with E-state index in [1.165, 1.54) is 12.1 Å². The van der Waals surface area contributed by atoms with Crippen molar-refractivity contribution in [3.05, 3.63) is 53.6 Å². The number of anilines is 5. The van der Waals surface area contributed by atoms with Gasteiger partial charge in [0, 0.05) is 17.1 Å². The molecule has 0 unspecified atom stereocenters. The minimum absolute atomic E-state index is 0.0549. The van der Waals surface area contributed by atoms with Crippen LogP contribution in [0.1, 0.15) is 41.5 Å². The standard InChI is InChI=1S/C22H22N6O7/c1-22(2,3)35-21(34)25-14-6-4-13(5-7-14)23-18-26-19(28-20(33)27-18)24-15-9-11(16(29)30)8-12(10-15)17(31)32/h4-10H,1-3H3,(H,25,34)(H,29,30)(H,31,32)(H3,23,24,26,27,28,33). The number of aromatic hydroxyl groups is 1. The van der Waals surface area contributed by atoms with Gasteiger partial charge in [0.05, 0.1) is 11.1 Å². The van der Waals surface area contributed by atoms with Gasteiger partial charge in [-0.2, -0.15) is 15.0 Å². The van der Waals surface area contributed by atoms with Gasteiger partial charge in [0.15, 0.2) is 0 Å². The van der Waals surface area contributed by atoms with Crippen LogP contribution in [0.4, 0.5) is 33.8 Å². The maximum Gasteiger partial charge on any atom is 0.412 e. The Morgan fingerprint density at radius 3 is 1.74 bits per heavy atom. The second-order valence-electron chi connectivity index (χ2n) is 8.15. The van der Waals surface area contributed by atoms with E-state index in [0.717, 1.165) is 6.07 Å². The Bertz CT molecular complexity index is 1240. The Hall–Kier alpha value is -4.94. The molecule has 0 aliphatic rings. The first kappa shape index (κ1) is 24.7. The van der Waals surface area contributed by atoms with Crippen LogP contribution in [0.2, 0.25) is 0 Å². The minimum atomic E-state index is -1.32. The van der Waals surface area contributed by atoms with Gasteiger partial charge in [0.25, 0.3) is 0 Å². The Labute approximate surface area is 198 Å². The quantitative estimate of drug-likeness (QED) is 0.285. The third-order valence-corrected chi connectivity index (χ3v) is 4.09. The fourth-order valence-corrected chi connectivity index (χ4v) is 2.74. The lowest BCUT2D eigenvalue weighted by molar-refractivity contribution is 0.0632. The van der Waals surface area contributed by atoms with Crippen LogP contribution < -0.4 is 16.0 Å². The highest BCUT2D eigenvalue weighted by Gasteiger charge is 2.16. The number of aromatic carboxylic acids is 2. The normalized spacial score (nSPS) is 10.8. The number of carbonyl (C=O) groups is 3. The summed E-state index contributed by atoms with van der Waals surface area (Å²) in [5, 5.41) is 36.4. The zero-order valence-corrected chi connectivity index (χ0v) is 18.9. The number of hydrogen-bond donors (Lipinski definition) is 6. The SMILES string of the molecule is CC(C)(C)OC(=O)Nc1ccc(Nc2nc(O)nc(Nc3cc(C(=O)O)cc(C(=O)O)c3)n2)cc1. The number of carbonyl (C=O) groups excluding carboxylic acids is 1. The highest BCUT2D eigenvalue weighted by Crippen LogP contribution is 2.22. The number of amides is 1. The molecule has 0 saturated heterocycles. The lowest BCUT2D eigenvalue weighted by atomic mass is 10.1. The number of nitrogens with one attached hydrogen (secondary N) is 3. The molecule has 13 heteroatoms. The fraction of sp³-hybridized carbons (Fsp3) is 0.182. The molecule has 0 aliphatic carbocycles. The summed E-state index contributed by atoms with van der Waals surface area (Å²) in [6, 6.07) is 9.22. The van der Waals surface area contributed by atoms with Crippen molar-refractivity contribution in [3.63, 3.8) is 0 Å². The van der Waals surface area contributed by atoms with Crippen LogP contribution in [0.15, 0.2) is 42.5 Å². The van der Waals surface area contributed by atoms with Crippen molar-refractivity contribution >= 4 is 47.0 Å². The van der Waals surface area contributed by atoms with Crippen molar-refractivity contribution in [2.75, 3.05) is 16.0 Å². The third kappa shape index (κ3) is 7.28. The van der Waals surface area contributed by atoms with Gasteiger partial charge >= 0.3 is 24.0 Å². The van der Waals surface area contributed by atoms with E-state index >= 15 is 0 Å². The van der Waals surface area contributed by atoms with Crippen molar-refractivity contribution in [1.82, 2.24) is 15.0 Å². The van der Waals surface area contributed by atoms with Gasteiger partial charge in [-0.05, 0) is 63.2 Å². The van der Waals surface area contributed by atoms with E-state index in [9.17, 15) is 29.7 Å². The molecule has 0 saturated carbocycles. The molecule has 0 fully saturated rings. The molecule has 0 bridgehead atoms. The lowest BCUT2D eigenvalue weighted by Crippen LogP contribution is -2.27. The second kappa shape index (κ2) is 9.91. The summed E-state index contributed by atoms with van der Waals surface area (Å²) in [6.07, 6.45) is -0.602. The molecule has 3 aromatic rings. The molecule has 182 valence electrons. The molecule has 1 heterocycles. The van der Waals surface area contributed by atoms with Gasteiger partial charge in [0.1, 0.15) is 5.60 Å². The van der Waals surface area contributed by atoms with E-state index < -0.39 is 29.6 Å². The molecule has 35 heavy (non-hydrogen) atoms. The monoisotopic (exact) mass is 482 g/mol. The van der Waals surface area contributed by atoms with E-state index in [-0.39, 0.29) is 28.7 Å². The van der Waals surface area contributed by atoms with Crippen LogP contribution in [0.5, 0.6) is 6.01 Å². The summed E-state index contributed by atoms with van der Waals surface area (Å²) in [5.41, 5.74) is -0.0811. The largest absolute Gasteiger partial charge is 0.479 e. The van der Waals surface area contributed by atoms with Gasteiger partial charge in [-0.1, -0.05) is 0 Å². The van der Waals surface area contributed by atoms with Gasteiger partial charge in [0.2, 0.25) is 11.9 Å². The van der Waals surface area contributed by atoms with Crippen molar-refractivity contribution in [3.8, 4) is 6.01 Å². The van der Waals surface area contributed by atoms with Crippen LogP contribution in [0.3, 0.4) is 0 Å². The van der Waals surface area contributed by atoms with Crippen molar-refractivity contribution in [2.24, 2.45) is 0 Å². The Kier molecular flexibility index (Phi) is 6.99. The number of benzene rings is 2. The topological polar surface area (TPSA) is 196 Å². The number of carboxylic acids is 2. The summed E-state index contributed by atoms with van der Waals surface area (Å²) in [7, 11) is 0. The smallest absolute Gasteiger partial charge is 0.412 e. The first-order valence-corrected chi connectivity index (χ1v) is 10.1. The molecule has 2 aromatic carbocycles. The Morgan fingerprint density at radius 2 is 1.26 bits per heavy atom. The predicted molar refractivity (Wildman–Crippen MR) is 125 cm³/mol. The van der Waals surface area contributed by atoms with E-state index in [2.05, 4.69) is 30.9 Å².